The first-order valence-corrected chi connectivity index (χ1v) is 2.11. The van der Waals surface area contributed by atoms with E-state index in [9.17, 15) is 4.79 Å². The average Bonchev–Trinajstić information content (AvgIpc) is 2.17. The number of hydrogen-bond donors (Lipinski definition) is 2. The Bertz CT molecular complexity index is 105. The number of amides is 1. The molecule has 1 aliphatic rings. The van der Waals surface area contributed by atoms with Crippen LogP contribution in [0.2, 0.25) is 5.82 Å². The molecule has 0 aliphatic carbocycles. The van der Waals surface area contributed by atoms with Gasteiger partial charge >= 0.3 is 0 Å². The van der Waals surface area contributed by atoms with Gasteiger partial charge in [0.25, 0.3) is 0 Å². The van der Waals surface area contributed by atoms with Crippen LogP contribution in [-0.4, -0.2) is 19.1 Å². The molecule has 1 fully saturated rings. The predicted octanol–water partition coefficient (Wildman–Crippen LogP) is -1.74. The van der Waals surface area contributed by atoms with Crippen molar-refractivity contribution >= 4 is 13.2 Å². The van der Waals surface area contributed by atoms with Crippen molar-refractivity contribution in [2.45, 2.75) is 11.8 Å². The zero-order valence-corrected chi connectivity index (χ0v) is 3.79. The first-order chi connectivity index (χ1) is 3.22. The third-order valence-electron chi connectivity index (χ3n) is 1.03. The smallest absolute Gasteiger partial charge is 0.213 e. The highest BCUT2D eigenvalue weighted by atomic mass is 16.1. The van der Waals surface area contributed by atoms with Gasteiger partial charge in [-0.3, -0.25) is 4.79 Å². The van der Waals surface area contributed by atoms with Crippen LogP contribution in [0.4, 0.5) is 0 Å². The van der Waals surface area contributed by atoms with E-state index >= 15 is 0 Å². The zero-order valence-electron chi connectivity index (χ0n) is 3.79. The third kappa shape index (κ3) is 0.744. The number of primary amides is 1. The van der Waals surface area contributed by atoms with Crippen LogP contribution < -0.4 is 11.5 Å². The van der Waals surface area contributed by atoms with Crippen LogP contribution in [0.25, 0.3) is 0 Å². The Labute approximate surface area is 42.3 Å². The Hall–Kier alpha value is -0.505. The summed E-state index contributed by atoms with van der Waals surface area (Å²) in [5.74, 6) is -0.509. The van der Waals surface area contributed by atoms with Crippen molar-refractivity contribution in [3.63, 3.8) is 0 Å². The van der Waals surface area contributed by atoms with E-state index in [1.807, 2.05) is 0 Å². The number of rotatable bonds is 1. The molecule has 4 heteroatoms. The monoisotopic (exact) mass is 97.1 g/mol. The van der Waals surface area contributed by atoms with E-state index in [1.165, 1.54) is 0 Å². The molecule has 0 saturated carbocycles. The summed E-state index contributed by atoms with van der Waals surface area (Å²) in [5.41, 5.74) is 10.0. The van der Waals surface area contributed by atoms with Crippen molar-refractivity contribution in [1.29, 1.82) is 0 Å². The Morgan fingerprint density at radius 3 is 2.14 bits per heavy atom. The van der Waals surface area contributed by atoms with Gasteiger partial charge in [-0.2, -0.15) is 0 Å². The van der Waals surface area contributed by atoms with Crippen molar-refractivity contribution < 1.29 is 4.79 Å². The largest absolute Gasteiger partial charge is 0.370 e. The first-order valence-electron chi connectivity index (χ1n) is 2.11. The van der Waals surface area contributed by atoms with E-state index in [4.69, 9.17) is 11.5 Å². The van der Waals surface area contributed by atoms with Crippen LogP contribution in [0.15, 0.2) is 0 Å². The van der Waals surface area contributed by atoms with Gasteiger partial charge in [0.1, 0.15) is 7.28 Å². The zero-order chi connectivity index (χ0) is 5.44. The van der Waals surface area contributed by atoms with Gasteiger partial charge in [0.2, 0.25) is 5.91 Å². The molecule has 3 nitrogen and oxygen atoms in total. The molecule has 1 aliphatic heterocycles. The maximum Gasteiger partial charge on any atom is 0.213 e. The lowest BCUT2D eigenvalue weighted by molar-refractivity contribution is -0.117. The van der Waals surface area contributed by atoms with Gasteiger partial charge in [-0.25, -0.2) is 0 Å². The highest BCUT2D eigenvalue weighted by molar-refractivity contribution is 6.60. The summed E-state index contributed by atoms with van der Waals surface area (Å²) < 4.78 is 0. The summed E-state index contributed by atoms with van der Waals surface area (Å²) in [6.07, 6.45) is 0. The molecular weight excluding hydrogens is 90.9 g/mol. The van der Waals surface area contributed by atoms with Gasteiger partial charge in [-0.05, 0) is 5.94 Å². The van der Waals surface area contributed by atoms with Crippen molar-refractivity contribution in [2.24, 2.45) is 11.5 Å². The number of hydrogen-bond acceptors (Lipinski definition) is 2. The minimum absolute atomic E-state index is 0.0579. The van der Waals surface area contributed by atoms with Crippen LogP contribution >= 0.6 is 0 Å². The summed E-state index contributed by atoms with van der Waals surface area (Å²) >= 11 is 0. The lowest BCUT2D eigenvalue weighted by Crippen LogP contribution is -2.14. The number of carbonyl (C=O) groups is 1. The van der Waals surface area contributed by atoms with Crippen molar-refractivity contribution in [3.05, 3.63) is 0 Å². The quantitative estimate of drug-likeness (QED) is 0.381. The second kappa shape index (κ2) is 1.23. The second-order valence-electron chi connectivity index (χ2n) is 1.70. The van der Waals surface area contributed by atoms with Crippen LogP contribution in [0.5, 0.6) is 0 Å². The summed E-state index contributed by atoms with van der Waals surface area (Å²) in [6, 6.07) is 0. The second-order valence-corrected chi connectivity index (χ2v) is 1.70. The van der Waals surface area contributed by atoms with Crippen LogP contribution in [-0.2, 0) is 4.79 Å². The number of carbonyl (C=O) groups excluding carboxylic acids is 1. The van der Waals surface area contributed by atoms with Crippen LogP contribution in [0, 0.1) is 0 Å². The highest BCUT2D eigenvalue weighted by Gasteiger charge is 2.39. The Kier molecular flexibility index (Phi) is 0.818. The molecule has 1 amide bonds. The molecule has 1 saturated heterocycles. The minimum Gasteiger partial charge on any atom is -0.370 e. The standard InChI is InChI=1S/C3H6BN2O/c5-2-1(4-2)3(6)7/h1-2H,5H2,(H2,6,7)/t1-,2-/m1/s1. The van der Waals surface area contributed by atoms with Crippen LogP contribution in [0.3, 0.4) is 0 Å². The Balaban J connectivity index is 2.33. The molecule has 4 N–H and O–H groups in total. The summed E-state index contributed by atoms with van der Waals surface area (Å²) in [7, 11) is 1.71. The SMILES string of the molecule is NC(=O)[C@@H]1[B][C@@H]1N. The summed E-state index contributed by atoms with van der Waals surface area (Å²) in [4.78, 5) is 10.1. The fraction of sp³-hybridized carbons (Fsp3) is 0.667. The van der Waals surface area contributed by atoms with Gasteiger partial charge in [0, 0.05) is 5.82 Å². The van der Waals surface area contributed by atoms with E-state index in [2.05, 4.69) is 0 Å². The lowest BCUT2D eigenvalue weighted by atomic mass is 10.0. The topological polar surface area (TPSA) is 69.1 Å². The van der Waals surface area contributed by atoms with Crippen LogP contribution in [0.1, 0.15) is 0 Å². The molecule has 7 heavy (non-hydrogen) atoms. The fourth-order valence-electron chi connectivity index (χ4n) is 0.460. The molecule has 0 aromatic carbocycles. The molecule has 1 rings (SSSR count). The molecule has 0 unspecified atom stereocenters. The maximum absolute atomic E-state index is 10.1. The van der Waals surface area contributed by atoms with E-state index in [0.29, 0.717) is 0 Å². The van der Waals surface area contributed by atoms with E-state index < -0.39 is 0 Å². The summed E-state index contributed by atoms with van der Waals surface area (Å²) in [5, 5.41) is 0. The summed E-state index contributed by atoms with van der Waals surface area (Å²) in [6.45, 7) is 0. The fourth-order valence-corrected chi connectivity index (χ4v) is 0.460. The molecule has 0 aromatic rings. The molecule has 0 bridgehead atoms. The van der Waals surface area contributed by atoms with E-state index in [1.54, 1.807) is 7.28 Å². The van der Waals surface area contributed by atoms with Gasteiger partial charge in [-0.1, -0.05) is 0 Å². The maximum atomic E-state index is 10.1. The molecule has 37 valence electrons. The molecule has 0 aromatic heterocycles. The molecule has 2 atom stereocenters. The first kappa shape index (κ1) is 4.65. The van der Waals surface area contributed by atoms with E-state index in [-0.39, 0.29) is 17.7 Å². The molecule has 0 spiro atoms. The van der Waals surface area contributed by atoms with Crippen molar-refractivity contribution in [1.82, 2.24) is 0 Å². The van der Waals surface area contributed by atoms with Gasteiger partial charge in [0.05, 0.1) is 0 Å². The Morgan fingerprint density at radius 1 is 1.71 bits per heavy atom. The number of nitrogens with two attached hydrogens (primary N) is 2. The minimum atomic E-state index is -0.312. The van der Waals surface area contributed by atoms with Gasteiger partial charge < -0.3 is 11.5 Å². The van der Waals surface area contributed by atoms with E-state index in [0.717, 1.165) is 0 Å². The third-order valence-corrected chi connectivity index (χ3v) is 1.03. The lowest BCUT2D eigenvalue weighted by Gasteiger charge is -1.83. The average molecular weight is 96.9 g/mol. The molecule has 1 heterocycles. The normalized spacial score (nSPS) is 36.7. The molecular formula is C3H6BN2O. The highest BCUT2D eigenvalue weighted by Crippen LogP contribution is 2.22. The predicted molar refractivity (Wildman–Crippen MR) is 26.7 cm³/mol. The Morgan fingerprint density at radius 2 is 2.14 bits per heavy atom. The van der Waals surface area contributed by atoms with Crippen molar-refractivity contribution in [3.8, 4) is 0 Å². The van der Waals surface area contributed by atoms with Crippen molar-refractivity contribution in [2.75, 3.05) is 0 Å². The molecule has 1 radical (unpaired) electrons. The van der Waals surface area contributed by atoms with Gasteiger partial charge in [-0.15, -0.1) is 0 Å². The van der Waals surface area contributed by atoms with Gasteiger partial charge in [0.15, 0.2) is 0 Å².